The highest BCUT2D eigenvalue weighted by Gasteiger charge is 2.08. The van der Waals surface area contributed by atoms with Crippen LogP contribution in [-0.2, 0) is 6.54 Å². The van der Waals surface area contributed by atoms with Crippen molar-refractivity contribution >= 4 is 0 Å². The number of hydrogen-bond acceptors (Lipinski definition) is 2. The van der Waals surface area contributed by atoms with Gasteiger partial charge in [0.1, 0.15) is 0 Å². The van der Waals surface area contributed by atoms with E-state index in [0.717, 1.165) is 17.7 Å². The van der Waals surface area contributed by atoms with Crippen LogP contribution in [0.15, 0.2) is 24.3 Å². The molecular weight excluding hydrogens is 172 g/mol. The average Bonchev–Trinajstić information content (AvgIpc) is 2.14. The van der Waals surface area contributed by atoms with Gasteiger partial charge in [-0.2, -0.15) is 5.26 Å². The Bertz CT molecular complexity index is 342. The first-order chi connectivity index (χ1) is 6.51. The number of rotatable bonds is 2. The van der Waals surface area contributed by atoms with Crippen molar-refractivity contribution in [2.24, 2.45) is 0 Å². The Hall–Kier alpha value is -1.33. The minimum atomic E-state index is 0.114. The van der Waals surface area contributed by atoms with Crippen LogP contribution in [0.25, 0.3) is 0 Å². The molecule has 0 radical (unpaired) electrons. The summed E-state index contributed by atoms with van der Waals surface area (Å²) in [4.78, 5) is 0. The maximum absolute atomic E-state index is 8.72. The molecule has 0 bridgehead atoms. The zero-order valence-corrected chi connectivity index (χ0v) is 8.96. The summed E-state index contributed by atoms with van der Waals surface area (Å²) in [5, 5.41) is 12.1. The van der Waals surface area contributed by atoms with Gasteiger partial charge >= 0.3 is 0 Å². The predicted molar refractivity (Wildman–Crippen MR) is 57.7 cm³/mol. The quantitative estimate of drug-likeness (QED) is 0.773. The van der Waals surface area contributed by atoms with Crippen LogP contribution >= 0.6 is 0 Å². The van der Waals surface area contributed by atoms with Crippen LogP contribution in [0.2, 0.25) is 0 Å². The lowest BCUT2D eigenvalue weighted by Gasteiger charge is -2.20. The van der Waals surface area contributed by atoms with Gasteiger partial charge in [0.2, 0.25) is 0 Å². The number of nitriles is 1. The molecule has 0 aromatic heterocycles. The van der Waals surface area contributed by atoms with Crippen molar-refractivity contribution < 1.29 is 0 Å². The molecule has 2 heteroatoms. The SMILES string of the molecule is CC(C)(C)NCc1cccc(C#N)c1. The van der Waals surface area contributed by atoms with Gasteiger partial charge in [0.05, 0.1) is 11.6 Å². The predicted octanol–water partition coefficient (Wildman–Crippen LogP) is 2.45. The van der Waals surface area contributed by atoms with E-state index in [-0.39, 0.29) is 5.54 Å². The van der Waals surface area contributed by atoms with Crippen LogP contribution in [-0.4, -0.2) is 5.54 Å². The van der Waals surface area contributed by atoms with Gasteiger partial charge in [0.15, 0.2) is 0 Å². The Balaban J connectivity index is 2.65. The van der Waals surface area contributed by atoms with Crippen LogP contribution in [0.5, 0.6) is 0 Å². The van der Waals surface area contributed by atoms with Crippen LogP contribution in [0.1, 0.15) is 31.9 Å². The largest absolute Gasteiger partial charge is 0.308 e. The van der Waals surface area contributed by atoms with Crippen LogP contribution < -0.4 is 5.32 Å². The third-order valence-corrected chi connectivity index (χ3v) is 1.88. The Labute approximate surface area is 85.6 Å². The molecule has 1 aromatic rings. The average molecular weight is 188 g/mol. The molecule has 0 saturated heterocycles. The van der Waals surface area contributed by atoms with Crippen molar-refractivity contribution in [1.29, 1.82) is 5.26 Å². The number of benzene rings is 1. The zero-order chi connectivity index (χ0) is 10.6. The summed E-state index contributed by atoms with van der Waals surface area (Å²) in [6.45, 7) is 7.18. The van der Waals surface area contributed by atoms with E-state index in [0.29, 0.717) is 0 Å². The molecular formula is C12H16N2. The van der Waals surface area contributed by atoms with E-state index in [4.69, 9.17) is 5.26 Å². The van der Waals surface area contributed by atoms with Gasteiger partial charge in [-0.15, -0.1) is 0 Å². The van der Waals surface area contributed by atoms with Crippen molar-refractivity contribution in [1.82, 2.24) is 5.32 Å². The van der Waals surface area contributed by atoms with E-state index in [1.165, 1.54) is 0 Å². The molecule has 1 rings (SSSR count). The van der Waals surface area contributed by atoms with Gasteiger partial charge in [0, 0.05) is 12.1 Å². The van der Waals surface area contributed by atoms with Gasteiger partial charge < -0.3 is 5.32 Å². The lowest BCUT2D eigenvalue weighted by Crippen LogP contribution is -2.35. The molecule has 2 nitrogen and oxygen atoms in total. The minimum absolute atomic E-state index is 0.114. The van der Waals surface area contributed by atoms with E-state index in [9.17, 15) is 0 Å². The molecule has 74 valence electrons. The molecule has 1 aromatic carbocycles. The monoisotopic (exact) mass is 188 g/mol. The van der Waals surface area contributed by atoms with E-state index < -0.39 is 0 Å². The highest BCUT2D eigenvalue weighted by atomic mass is 14.9. The number of hydrogen-bond donors (Lipinski definition) is 1. The standard InChI is InChI=1S/C12H16N2/c1-12(2,3)14-9-11-6-4-5-10(7-11)8-13/h4-7,14H,9H2,1-3H3. The highest BCUT2D eigenvalue weighted by molar-refractivity contribution is 5.32. The molecule has 0 amide bonds. The Morgan fingerprint density at radius 2 is 2.07 bits per heavy atom. The number of nitrogens with one attached hydrogen (secondary N) is 1. The first-order valence-electron chi connectivity index (χ1n) is 4.75. The Morgan fingerprint density at radius 3 is 2.64 bits per heavy atom. The molecule has 0 atom stereocenters. The zero-order valence-electron chi connectivity index (χ0n) is 8.96. The first kappa shape index (κ1) is 10.7. The van der Waals surface area contributed by atoms with E-state index >= 15 is 0 Å². The summed E-state index contributed by atoms with van der Waals surface area (Å²) in [6.07, 6.45) is 0. The fourth-order valence-corrected chi connectivity index (χ4v) is 1.12. The fraction of sp³-hybridized carbons (Fsp3) is 0.417. The maximum Gasteiger partial charge on any atom is 0.0991 e. The van der Waals surface area contributed by atoms with Gasteiger partial charge in [-0.25, -0.2) is 0 Å². The van der Waals surface area contributed by atoms with E-state index in [2.05, 4.69) is 32.2 Å². The fourth-order valence-electron chi connectivity index (χ4n) is 1.12. The summed E-state index contributed by atoms with van der Waals surface area (Å²) >= 11 is 0. The summed E-state index contributed by atoms with van der Waals surface area (Å²) in [6, 6.07) is 9.81. The van der Waals surface area contributed by atoms with Gasteiger partial charge in [-0.05, 0) is 38.5 Å². The summed E-state index contributed by atoms with van der Waals surface area (Å²) in [5.74, 6) is 0. The van der Waals surface area contributed by atoms with Gasteiger partial charge in [-0.1, -0.05) is 12.1 Å². The first-order valence-corrected chi connectivity index (χ1v) is 4.75. The second-order valence-electron chi connectivity index (χ2n) is 4.42. The van der Waals surface area contributed by atoms with Crippen LogP contribution in [0, 0.1) is 11.3 Å². The molecule has 0 aliphatic carbocycles. The van der Waals surface area contributed by atoms with Crippen molar-refractivity contribution in [3.63, 3.8) is 0 Å². The van der Waals surface area contributed by atoms with E-state index in [1.807, 2.05) is 24.3 Å². The molecule has 0 aliphatic heterocycles. The molecule has 0 fully saturated rings. The topological polar surface area (TPSA) is 35.8 Å². The lowest BCUT2D eigenvalue weighted by atomic mass is 10.1. The second-order valence-corrected chi connectivity index (χ2v) is 4.42. The molecule has 14 heavy (non-hydrogen) atoms. The van der Waals surface area contributed by atoms with Crippen molar-refractivity contribution in [3.8, 4) is 6.07 Å². The highest BCUT2D eigenvalue weighted by Crippen LogP contribution is 2.06. The maximum atomic E-state index is 8.72. The van der Waals surface area contributed by atoms with Crippen LogP contribution in [0.4, 0.5) is 0 Å². The summed E-state index contributed by atoms with van der Waals surface area (Å²) < 4.78 is 0. The molecule has 0 heterocycles. The van der Waals surface area contributed by atoms with Crippen LogP contribution in [0.3, 0.4) is 0 Å². The van der Waals surface area contributed by atoms with Gasteiger partial charge in [-0.3, -0.25) is 0 Å². The summed E-state index contributed by atoms with van der Waals surface area (Å²) in [7, 11) is 0. The van der Waals surface area contributed by atoms with E-state index in [1.54, 1.807) is 0 Å². The normalized spacial score (nSPS) is 11.0. The second kappa shape index (κ2) is 4.26. The molecule has 0 spiro atoms. The van der Waals surface area contributed by atoms with Crippen molar-refractivity contribution in [3.05, 3.63) is 35.4 Å². The Kier molecular flexibility index (Phi) is 3.27. The van der Waals surface area contributed by atoms with Crippen molar-refractivity contribution in [2.75, 3.05) is 0 Å². The lowest BCUT2D eigenvalue weighted by molar-refractivity contribution is 0.424. The smallest absolute Gasteiger partial charge is 0.0991 e. The third-order valence-electron chi connectivity index (χ3n) is 1.88. The molecule has 0 unspecified atom stereocenters. The third kappa shape index (κ3) is 3.59. The molecule has 0 aliphatic rings. The Morgan fingerprint density at radius 1 is 1.36 bits per heavy atom. The summed E-state index contributed by atoms with van der Waals surface area (Å²) in [5.41, 5.74) is 1.99. The minimum Gasteiger partial charge on any atom is -0.308 e. The molecule has 1 N–H and O–H groups in total. The van der Waals surface area contributed by atoms with Crippen molar-refractivity contribution in [2.45, 2.75) is 32.9 Å². The van der Waals surface area contributed by atoms with Gasteiger partial charge in [0.25, 0.3) is 0 Å². The number of nitrogens with zero attached hydrogens (tertiary/aromatic N) is 1. The molecule has 0 saturated carbocycles.